The number of hydrogen-bond donors (Lipinski definition) is 2. The molecule has 0 unspecified atom stereocenters. The molecule has 0 radical (unpaired) electrons. The van der Waals surface area contributed by atoms with Crippen molar-refractivity contribution in [2.45, 2.75) is 69.4 Å². The van der Waals surface area contributed by atoms with E-state index in [0.29, 0.717) is 12.5 Å². The maximum atomic E-state index is 10.8. The average Bonchev–Trinajstić information content (AvgIpc) is 3.20. The number of aromatic nitrogens is 2. The fraction of sp³-hybridized carbons (Fsp3) is 0.706. The Kier molecular flexibility index (Phi) is 3.96. The van der Waals surface area contributed by atoms with E-state index in [9.17, 15) is 5.11 Å². The highest BCUT2D eigenvalue weighted by atomic mass is 32.1. The topological polar surface area (TPSA) is 49.6 Å². The maximum Gasteiger partial charge on any atom is 0.194 e. The lowest BCUT2D eigenvalue weighted by Gasteiger charge is -2.27. The molecule has 2 aromatic heterocycles. The fourth-order valence-electron chi connectivity index (χ4n) is 3.69. The summed E-state index contributed by atoms with van der Waals surface area (Å²) in [6.07, 6.45) is 11.4. The van der Waals surface area contributed by atoms with Crippen LogP contribution in [0.5, 0.6) is 0 Å². The van der Waals surface area contributed by atoms with Crippen LogP contribution in [0.15, 0.2) is 11.6 Å². The Morgan fingerprint density at radius 3 is 2.77 bits per heavy atom. The number of thiazole rings is 1. The molecule has 0 saturated heterocycles. The molecule has 4 rings (SSSR count). The standard InChI is InChI=1S/C17H25N3OS/c21-17(7-3-1-2-4-8-17)12-18-11-14-15(13-5-6-13)19-16-20(14)9-10-22-16/h9-10,13,18,21H,1-8,11-12H2. The Labute approximate surface area is 135 Å². The van der Waals surface area contributed by atoms with Crippen LogP contribution in [-0.4, -0.2) is 26.6 Å². The first-order valence-electron chi connectivity index (χ1n) is 8.63. The predicted molar refractivity (Wildman–Crippen MR) is 89.4 cm³/mol. The van der Waals surface area contributed by atoms with Gasteiger partial charge in [0.15, 0.2) is 4.96 Å². The van der Waals surface area contributed by atoms with E-state index in [-0.39, 0.29) is 0 Å². The summed E-state index contributed by atoms with van der Waals surface area (Å²) in [6.45, 7) is 1.51. The van der Waals surface area contributed by atoms with Gasteiger partial charge in [-0.2, -0.15) is 0 Å². The lowest BCUT2D eigenvalue weighted by molar-refractivity contribution is 0.0249. The minimum atomic E-state index is -0.505. The van der Waals surface area contributed by atoms with Crippen LogP contribution in [0.4, 0.5) is 0 Å². The van der Waals surface area contributed by atoms with E-state index in [2.05, 4.69) is 21.3 Å². The van der Waals surface area contributed by atoms with Crippen LogP contribution in [0, 0.1) is 0 Å². The second-order valence-electron chi connectivity index (χ2n) is 7.02. The zero-order valence-electron chi connectivity index (χ0n) is 13.1. The summed E-state index contributed by atoms with van der Waals surface area (Å²) in [5, 5.41) is 16.4. The van der Waals surface area contributed by atoms with E-state index < -0.39 is 5.60 Å². The van der Waals surface area contributed by atoms with Gasteiger partial charge < -0.3 is 10.4 Å². The molecular formula is C17H25N3OS. The second-order valence-corrected chi connectivity index (χ2v) is 7.89. The number of imidazole rings is 1. The molecule has 2 N–H and O–H groups in total. The van der Waals surface area contributed by atoms with Crippen molar-refractivity contribution >= 4 is 16.3 Å². The Balaban J connectivity index is 1.45. The van der Waals surface area contributed by atoms with Crippen LogP contribution in [0.1, 0.15) is 68.7 Å². The van der Waals surface area contributed by atoms with E-state index in [0.717, 1.165) is 37.2 Å². The lowest BCUT2D eigenvalue weighted by atomic mass is 9.94. The first kappa shape index (κ1) is 14.7. The SMILES string of the molecule is OC1(CNCc2c(C3CC3)nc3sccn23)CCCCCC1. The van der Waals surface area contributed by atoms with E-state index in [1.165, 1.54) is 37.1 Å². The molecule has 0 bridgehead atoms. The van der Waals surface area contributed by atoms with E-state index >= 15 is 0 Å². The van der Waals surface area contributed by atoms with Crippen molar-refractivity contribution < 1.29 is 5.11 Å². The van der Waals surface area contributed by atoms with Crippen molar-refractivity contribution in [2.75, 3.05) is 6.54 Å². The normalized spacial score (nSPS) is 22.0. The molecule has 0 spiro atoms. The summed E-state index contributed by atoms with van der Waals surface area (Å²) < 4.78 is 2.22. The van der Waals surface area contributed by atoms with Crippen molar-refractivity contribution in [2.24, 2.45) is 0 Å². The summed E-state index contributed by atoms with van der Waals surface area (Å²) in [5.74, 6) is 0.671. The van der Waals surface area contributed by atoms with Gasteiger partial charge in [-0.3, -0.25) is 4.40 Å². The van der Waals surface area contributed by atoms with Gasteiger partial charge in [0, 0.05) is 30.6 Å². The minimum Gasteiger partial charge on any atom is -0.389 e. The van der Waals surface area contributed by atoms with Gasteiger partial charge in [-0.15, -0.1) is 11.3 Å². The fourth-order valence-corrected chi connectivity index (χ4v) is 4.43. The Morgan fingerprint density at radius 1 is 1.27 bits per heavy atom. The third-order valence-corrected chi connectivity index (χ3v) is 5.89. The molecule has 2 saturated carbocycles. The van der Waals surface area contributed by atoms with Crippen LogP contribution in [0.3, 0.4) is 0 Å². The molecule has 0 aromatic carbocycles. The largest absolute Gasteiger partial charge is 0.389 e. The molecule has 2 aliphatic carbocycles. The first-order chi connectivity index (χ1) is 10.8. The number of nitrogens with zero attached hydrogens (tertiary/aromatic N) is 2. The van der Waals surface area contributed by atoms with Gasteiger partial charge in [0.1, 0.15) is 0 Å². The number of rotatable bonds is 5. The molecule has 22 heavy (non-hydrogen) atoms. The number of hydrogen-bond acceptors (Lipinski definition) is 4. The van der Waals surface area contributed by atoms with Crippen LogP contribution < -0.4 is 5.32 Å². The Hall–Kier alpha value is -0.910. The van der Waals surface area contributed by atoms with Gasteiger partial charge >= 0.3 is 0 Å². The van der Waals surface area contributed by atoms with Crippen molar-refractivity contribution in [3.8, 4) is 0 Å². The van der Waals surface area contributed by atoms with Crippen LogP contribution in [-0.2, 0) is 6.54 Å². The van der Waals surface area contributed by atoms with E-state index in [1.54, 1.807) is 11.3 Å². The lowest BCUT2D eigenvalue weighted by Crippen LogP contribution is -2.40. The maximum absolute atomic E-state index is 10.8. The van der Waals surface area contributed by atoms with Gasteiger partial charge in [0.25, 0.3) is 0 Å². The molecule has 2 aliphatic rings. The number of fused-ring (bicyclic) bond motifs is 1. The van der Waals surface area contributed by atoms with Crippen molar-refractivity contribution in [3.05, 3.63) is 23.0 Å². The molecule has 0 aliphatic heterocycles. The van der Waals surface area contributed by atoms with E-state index in [4.69, 9.17) is 4.98 Å². The molecular weight excluding hydrogens is 294 g/mol. The van der Waals surface area contributed by atoms with Gasteiger partial charge in [-0.05, 0) is 25.7 Å². The summed E-state index contributed by atoms with van der Waals surface area (Å²) in [7, 11) is 0. The highest BCUT2D eigenvalue weighted by Gasteiger charge is 2.31. The molecule has 2 heterocycles. The molecule has 120 valence electrons. The minimum absolute atomic E-state index is 0.505. The molecule has 0 atom stereocenters. The van der Waals surface area contributed by atoms with Crippen LogP contribution in [0.2, 0.25) is 0 Å². The summed E-state index contributed by atoms with van der Waals surface area (Å²) in [4.78, 5) is 5.91. The first-order valence-corrected chi connectivity index (χ1v) is 9.51. The summed E-state index contributed by atoms with van der Waals surface area (Å²) >= 11 is 1.71. The van der Waals surface area contributed by atoms with E-state index in [1.807, 2.05) is 0 Å². The predicted octanol–water partition coefficient (Wildman–Crippen LogP) is 3.45. The highest BCUT2D eigenvalue weighted by Crippen LogP contribution is 2.41. The van der Waals surface area contributed by atoms with Gasteiger partial charge in [0.2, 0.25) is 0 Å². The number of nitrogens with one attached hydrogen (secondary N) is 1. The summed E-state index contributed by atoms with van der Waals surface area (Å²) in [5.41, 5.74) is 2.08. The van der Waals surface area contributed by atoms with Gasteiger partial charge in [-0.1, -0.05) is 25.7 Å². The highest BCUT2D eigenvalue weighted by molar-refractivity contribution is 7.15. The third kappa shape index (κ3) is 2.94. The van der Waals surface area contributed by atoms with Crippen LogP contribution in [0.25, 0.3) is 4.96 Å². The van der Waals surface area contributed by atoms with Gasteiger partial charge in [0.05, 0.1) is 17.0 Å². The Bertz CT molecular complexity index is 635. The smallest absolute Gasteiger partial charge is 0.194 e. The number of aliphatic hydroxyl groups is 1. The zero-order valence-corrected chi connectivity index (χ0v) is 13.9. The van der Waals surface area contributed by atoms with Crippen molar-refractivity contribution in [3.63, 3.8) is 0 Å². The molecule has 5 heteroatoms. The summed E-state index contributed by atoms with van der Waals surface area (Å²) in [6, 6.07) is 0. The van der Waals surface area contributed by atoms with Crippen LogP contribution >= 0.6 is 11.3 Å². The molecule has 2 aromatic rings. The van der Waals surface area contributed by atoms with Gasteiger partial charge in [-0.25, -0.2) is 4.98 Å². The quantitative estimate of drug-likeness (QED) is 0.830. The molecule has 0 amide bonds. The van der Waals surface area contributed by atoms with Crippen molar-refractivity contribution in [1.82, 2.24) is 14.7 Å². The molecule has 4 nitrogen and oxygen atoms in total. The average molecular weight is 319 g/mol. The Morgan fingerprint density at radius 2 is 2.05 bits per heavy atom. The molecule has 2 fully saturated rings. The zero-order chi connectivity index (χ0) is 15.0. The van der Waals surface area contributed by atoms with Crippen molar-refractivity contribution in [1.29, 1.82) is 0 Å². The second kappa shape index (κ2) is 5.95. The third-order valence-electron chi connectivity index (χ3n) is 5.14. The monoisotopic (exact) mass is 319 g/mol.